The van der Waals surface area contributed by atoms with Crippen LogP contribution in [0.5, 0.6) is 0 Å². The molecule has 2 aromatic rings. The minimum Gasteiger partial charge on any atom is -0.389 e. The van der Waals surface area contributed by atoms with E-state index in [1.807, 2.05) is 24.1 Å². The predicted molar refractivity (Wildman–Crippen MR) is 84.0 cm³/mol. The summed E-state index contributed by atoms with van der Waals surface area (Å²) < 4.78 is 0. The van der Waals surface area contributed by atoms with Crippen molar-refractivity contribution >= 4 is 28.7 Å². The van der Waals surface area contributed by atoms with Gasteiger partial charge in [0.05, 0.1) is 0 Å². The van der Waals surface area contributed by atoms with Crippen molar-refractivity contribution < 1.29 is 0 Å². The second-order valence-corrected chi connectivity index (χ2v) is 4.79. The highest BCUT2D eigenvalue weighted by atomic mass is 32.1. The van der Waals surface area contributed by atoms with E-state index in [1.54, 1.807) is 6.20 Å². The molecule has 0 bridgehead atoms. The maximum atomic E-state index is 5.64. The third-order valence-electron chi connectivity index (χ3n) is 3.11. The average Bonchev–Trinajstić information content (AvgIpc) is 2.46. The fraction of sp³-hybridized carbons (Fsp3) is 0.200. The number of rotatable bonds is 4. The first-order chi connectivity index (χ1) is 9.11. The summed E-state index contributed by atoms with van der Waals surface area (Å²) in [6, 6.07) is 12.2. The van der Waals surface area contributed by atoms with Crippen LogP contribution in [0, 0.1) is 0 Å². The molecule has 0 unspecified atom stereocenters. The van der Waals surface area contributed by atoms with E-state index in [-0.39, 0.29) is 0 Å². The quantitative estimate of drug-likeness (QED) is 0.868. The first-order valence-corrected chi connectivity index (χ1v) is 6.61. The van der Waals surface area contributed by atoms with Crippen LogP contribution in [0.1, 0.15) is 18.1 Å². The fourth-order valence-corrected chi connectivity index (χ4v) is 1.97. The standard InChI is InChI=1S/C15H17N3S/c1-3-11-4-6-13(7-5-11)18(2)14-10-12(15(16)19)8-9-17-14/h4-10H,3H2,1-2H3,(H2,16,19). The second-order valence-electron chi connectivity index (χ2n) is 4.35. The van der Waals surface area contributed by atoms with E-state index in [1.165, 1.54) is 5.56 Å². The van der Waals surface area contributed by atoms with E-state index >= 15 is 0 Å². The molecule has 3 nitrogen and oxygen atoms in total. The van der Waals surface area contributed by atoms with Gasteiger partial charge in [-0.05, 0) is 36.2 Å². The fourth-order valence-electron chi connectivity index (χ4n) is 1.84. The molecular formula is C15H17N3S. The van der Waals surface area contributed by atoms with Crippen LogP contribution in [-0.2, 0) is 6.42 Å². The van der Waals surface area contributed by atoms with Crippen LogP contribution >= 0.6 is 12.2 Å². The molecule has 4 heteroatoms. The number of thiocarbonyl (C=S) groups is 1. The summed E-state index contributed by atoms with van der Waals surface area (Å²) in [5.74, 6) is 0.828. The second kappa shape index (κ2) is 5.80. The zero-order valence-corrected chi connectivity index (χ0v) is 11.9. The molecule has 0 amide bonds. The van der Waals surface area contributed by atoms with Gasteiger partial charge in [0.25, 0.3) is 0 Å². The van der Waals surface area contributed by atoms with Gasteiger partial charge in [-0.25, -0.2) is 4.98 Å². The maximum absolute atomic E-state index is 5.64. The molecule has 0 fully saturated rings. The largest absolute Gasteiger partial charge is 0.389 e. The lowest BCUT2D eigenvalue weighted by Crippen LogP contribution is -2.14. The molecule has 0 saturated heterocycles. The Morgan fingerprint density at radius 3 is 2.53 bits per heavy atom. The number of aryl methyl sites for hydroxylation is 1. The van der Waals surface area contributed by atoms with E-state index in [9.17, 15) is 0 Å². The predicted octanol–water partition coefficient (Wildman–Crippen LogP) is 3.05. The molecule has 0 saturated carbocycles. The third-order valence-corrected chi connectivity index (χ3v) is 3.34. The summed E-state index contributed by atoms with van der Waals surface area (Å²) in [6.45, 7) is 2.14. The van der Waals surface area contributed by atoms with Gasteiger partial charge >= 0.3 is 0 Å². The smallest absolute Gasteiger partial charge is 0.133 e. The minimum absolute atomic E-state index is 0.387. The van der Waals surface area contributed by atoms with E-state index in [0.717, 1.165) is 23.5 Å². The van der Waals surface area contributed by atoms with Gasteiger partial charge in [0.2, 0.25) is 0 Å². The molecule has 0 aliphatic rings. The van der Waals surface area contributed by atoms with Crippen molar-refractivity contribution in [2.24, 2.45) is 5.73 Å². The first-order valence-electron chi connectivity index (χ1n) is 6.20. The van der Waals surface area contributed by atoms with Crippen LogP contribution in [0.4, 0.5) is 11.5 Å². The van der Waals surface area contributed by atoms with Crippen LogP contribution in [0.25, 0.3) is 0 Å². The molecule has 0 aliphatic heterocycles. The molecule has 0 radical (unpaired) electrons. The topological polar surface area (TPSA) is 42.1 Å². The van der Waals surface area contributed by atoms with Crippen LogP contribution in [0.3, 0.4) is 0 Å². The lowest BCUT2D eigenvalue weighted by atomic mass is 10.1. The molecule has 1 aromatic heterocycles. The lowest BCUT2D eigenvalue weighted by molar-refractivity contribution is 1.11. The number of anilines is 2. The van der Waals surface area contributed by atoms with Gasteiger partial charge in [-0.15, -0.1) is 0 Å². The summed E-state index contributed by atoms with van der Waals surface area (Å²) in [5.41, 5.74) is 8.88. The number of hydrogen-bond acceptors (Lipinski definition) is 3. The van der Waals surface area contributed by atoms with E-state index < -0.39 is 0 Å². The highest BCUT2D eigenvalue weighted by Gasteiger charge is 2.07. The van der Waals surface area contributed by atoms with Crippen molar-refractivity contribution in [3.8, 4) is 0 Å². The summed E-state index contributed by atoms with van der Waals surface area (Å²) in [7, 11) is 1.98. The van der Waals surface area contributed by atoms with Crippen molar-refractivity contribution in [3.63, 3.8) is 0 Å². The Hall–Kier alpha value is -1.94. The molecular weight excluding hydrogens is 254 g/mol. The first kappa shape index (κ1) is 13.5. The van der Waals surface area contributed by atoms with Gasteiger partial charge in [-0.2, -0.15) is 0 Å². The van der Waals surface area contributed by atoms with Gasteiger partial charge in [0, 0.05) is 24.5 Å². The molecule has 2 rings (SSSR count). The Bertz CT molecular complexity index is 578. The van der Waals surface area contributed by atoms with Crippen LogP contribution in [-0.4, -0.2) is 17.0 Å². The number of nitrogens with zero attached hydrogens (tertiary/aromatic N) is 2. The van der Waals surface area contributed by atoms with E-state index in [2.05, 4.69) is 36.2 Å². The molecule has 0 spiro atoms. The Morgan fingerprint density at radius 2 is 1.95 bits per heavy atom. The van der Waals surface area contributed by atoms with Crippen molar-refractivity contribution in [1.29, 1.82) is 0 Å². The monoisotopic (exact) mass is 271 g/mol. The molecule has 1 heterocycles. The molecule has 0 aliphatic carbocycles. The zero-order valence-electron chi connectivity index (χ0n) is 11.1. The highest BCUT2D eigenvalue weighted by Crippen LogP contribution is 2.22. The van der Waals surface area contributed by atoms with Gasteiger partial charge < -0.3 is 10.6 Å². The Kier molecular flexibility index (Phi) is 4.12. The Morgan fingerprint density at radius 1 is 1.26 bits per heavy atom. The number of pyridine rings is 1. The molecule has 2 N–H and O–H groups in total. The van der Waals surface area contributed by atoms with E-state index in [4.69, 9.17) is 18.0 Å². The van der Waals surface area contributed by atoms with Crippen LogP contribution < -0.4 is 10.6 Å². The van der Waals surface area contributed by atoms with Crippen LogP contribution in [0.15, 0.2) is 42.6 Å². The summed E-state index contributed by atoms with van der Waals surface area (Å²) in [4.78, 5) is 6.75. The van der Waals surface area contributed by atoms with Crippen molar-refractivity contribution in [2.45, 2.75) is 13.3 Å². The zero-order chi connectivity index (χ0) is 13.8. The van der Waals surface area contributed by atoms with Crippen LogP contribution in [0.2, 0.25) is 0 Å². The molecule has 0 atom stereocenters. The molecule has 98 valence electrons. The summed E-state index contributed by atoms with van der Waals surface area (Å²) in [5, 5.41) is 0. The average molecular weight is 271 g/mol. The molecule has 1 aromatic carbocycles. The van der Waals surface area contributed by atoms with Gasteiger partial charge in [-0.3, -0.25) is 0 Å². The maximum Gasteiger partial charge on any atom is 0.133 e. The van der Waals surface area contributed by atoms with E-state index in [0.29, 0.717) is 4.99 Å². The number of benzene rings is 1. The van der Waals surface area contributed by atoms with Gasteiger partial charge in [-0.1, -0.05) is 31.3 Å². The normalized spacial score (nSPS) is 10.2. The minimum atomic E-state index is 0.387. The summed E-state index contributed by atoms with van der Waals surface area (Å²) in [6.07, 6.45) is 2.76. The van der Waals surface area contributed by atoms with Gasteiger partial charge in [0.15, 0.2) is 0 Å². The van der Waals surface area contributed by atoms with Gasteiger partial charge in [0.1, 0.15) is 10.8 Å². The number of nitrogens with two attached hydrogens (primary N) is 1. The summed E-state index contributed by atoms with van der Waals surface area (Å²) >= 11 is 4.99. The number of aromatic nitrogens is 1. The lowest BCUT2D eigenvalue weighted by Gasteiger charge is -2.19. The Balaban J connectivity index is 2.29. The molecule has 19 heavy (non-hydrogen) atoms. The van der Waals surface area contributed by atoms with Crippen molar-refractivity contribution in [3.05, 3.63) is 53.7 Å². The highest BCUT2D eigenvalue weighted by molar-refractivity contribution is 7.80. The van der Waals surface area contributed by atoms with Crippen molar-refractivity contribution in [1.82, 2.24) is 4.98 Å². The van der Waals surface area contributed by atoms with Crippen molar-refractivity contribution in [2.75, 3.05) is 11.9 Å². The SMILES string of the molecule is CCc1ccc(N(C)c2cc(C(N)=S)ccn2)cc1. The number of hydrogen-bond donors (Lipinski definition) is 1. The third kappa shape index (κ3) is 3.09. The Labute approximate surface area is 119 Å².